The van der Waals surface area contributed by atoms with Gasteiger partial charge in [-0.1, -0.05) is 29.4 Å². The Balaban J connectivity index is 1.67. The third-order valence-corrected chi connectivity index (χ3v) is 7.00. The van der Waals surface area contributed by atoms with E-state index in [0.29, 0.717) is 16.8 Å². The first-order chi connectivity index (χ1) is 15.9. The molecule has 0 saturated heterocycles. The first-order valence-corrected chi connectivity index (χ1v) is 11.7. The van der Waals surface area contributed by atoms with E-state index >= 15 is 0 Å². The second-order valence-corrected chi connectivity index (χ2v) is 9.27. The summed E-state index contributed by atoms with van der Waals surface area (Å²) >= 11 is 7.30. The quantitative estimate of drug-likeness (QED) is 0.343. The number of nitrogens with zero attached hydrogens (tertiary/aromatic N) is 3. The zero-order valence-electron chi connectivity index (χ0n) is 18.3. The topological polar surface area (TPSA) is 54.2 Å². The number of nitrogens with one attached hydrogen (secondary N) is 1. The molecule has 8 heteroatoms. The molecule has 1 aliphatic rings. The predicted molar refractivity (Wildman–Crippen MR) is 133 cm³/mol. The van der Waals surface area contributed by atoms with Gasteiger partial charge in [0.1, 0.15) is 5.82 Å². The first-order valence-electron chi connectivity index (χ1n) is 10.4. The lowest BCUT2D eigenvalue weighted by atomic mass is 9.92. The Hall–Kier alpha value is -3.36. The molecule has 1 aliphatic heterocycles. The Kier molecular flexibility index (Phi) is 5.55. The zero-order valence-corrected chi connectivity index (χ0v) is 19.9. The minimum absolute atomic E-state index is 0.273. The molecule has 2 aromatic heterocycles. The molecule has 5 nitrogen and oxygen atoms in total. The van der Waals surface area contributed by atoms with E-state index in [9.17, 15) is 4.39 Å². The van der Waals surface area contributed by atoms with E-state index in [-0.39, 0.29) is 11.9 Å². The normalized spacial score (nSPS) is 16.3. The lowest BCUT2D eigenvalue weighted by Gasteiger charge is -2.37. The summed E-state index contributed by atoms with van der Waals surface area (Å²) in [5, 5.41) is 10.2. The van der Waals surface area contributed by atoms with Crippen LogP contribution in [0.4, 0.5) is 10.1 Å². The van der Waals surface area contributed by atoms with Crippen LogP contribution in [-0.2, 0) is 0 Å². The van der Waals surface area contributed by atoms with Crippen LogP contribution in [0.25, 0.3) is 16.3 Å². The molecule has 4 aromatic rings. The number of anilines is 1. The average Bonchev–Trinajstić information content (AvgIpc) is 3.49. The summed E-state index contributed by atoms with van der Waals surface area (Å²) in [7, 11) is 0. The van der Waals surface area contributed by atoms with Crippen LogP contribution in [0, 0.1) is 19.7 Å². The molecule has 2 aromatic carbocycles. The number of rotatable bonds is 4. The molecule has 0 spiro atoms. The maximum atomic E-state index is 13.6. The molecule has 5 rings (SSSR count). The van der Waals surface area contributed by atoms with Crippen LogP contribution in [0.1, 0.15) is 35.5 Å². The lowest BCUT2D eigenvalue weighted by Crippen LogP contribution is -2.46. The highest BCUT2D eigenvalue weighted by Gasteiger charge is 2.35. The van der Waals surface area contributed by atoms with Crippen LogP contribution in [0.3, 0.4) is 0 Å². The molecule has 33 heavy (non-hydrogen) atoms. The smallest absolute Gasteiger partial charge is 0.258 e. The van der Waals surface area contributed by atoms with Gasteiger partial charge in [0.2, 0.25) is 5.82 Å². The fourth-order valence-electron chi connectivity index (χ4n) is 3.95. The van der Waals surface area contributed by atoms with E-state index in [2.05, 4.69) is 42.5 Å². The number of benzene rings is 2. The van der Waals surface area contributed by atoms with Crippen molar-refractivity contribution in [1.82, 2.24) is 15.5 Å². The maximum Gasteiger partial charge on any atom is 0.258 e. The summed E-state index contributed by atoms with van der Waals surface area (Å²) in [6.07, 6.45) is 0. The molecule has 3 heterocycles. The van der Waals surface area contributed by atoms with Crippen molar-refractivity contribution in [1.29, 1.82) is 0 Å². The third kappa shape index (κ3) is 3.96. The largest absolute Gasteiger partial charge is 0.351 e. The Morgan fingerprint density at radius 3 is 2.55 bits per heavy atom. The standard InChI is InChI=1S/C25H21FN4OS2/c1-14-6-7-17(13-15(14)2)22-21(24-28-23(29-31-24)20-5-4-12-33-20)16(3)30(25(32)27-22)19-10-8-18(26)9-11-19/h4-13,22H,1-3H3,(H,27,32). The Bertz CT molecular complexity index is 1360. The molecular weight excluding hydrogens is 455 g/mol. The van der Waals surface area contributed by atoms with Crippen LogP contribution < -0.4 is 10.2 Å². The van der Waals surface area contributed by atoms with E-state index in [1.165, 1.54) is 23.3 Å². The number of halogens is 1. The van der Waals surface area contributed by atoms with Crippen molar-refractivity contribution in [2.45, 2.75) is 26.8 Å². The van der Waals surface area contributed by atoms with Gasteiger partial charge >= 0.3 is 0 Å². The number of thiophene rings is 1. The highest BCUT2D eigenvalue weighted by Crippen LogP contribution is 2.39. The molecule has 0 radical (unpaired) electrons. The second-order valence-electron chi connectivity index (χ2n) is 7.94. The van der Waals surface area contributed by atoms with Crippen molar-refractivity contribution in [2.75, 3.05) is 4.90 Å². The molecule has 0 amide bonds. The molecule has 1 atom stereocenters. The molecule has 166 valence electrons. The highest BCUT2D eigenvalue weighted by molar-refractivity contribution is 7.80. The summed E-state index contributed by atoms with van der Waals surface area (Å²) in [4.78, 5) is 7.52. The van der Waals surface area contributed by atoms with Crippen molar-refractivity contribution in [3.63, 3.8) is 0 Å². The van der Waals surface area contributed by atoms with Gasteiger partial charge in [-0.25, -0.2) is 4.39 Å². The van der Waals surface area contributed by atoms with Gasteiger partial charge in [-0.3, -0.25) is 4.90 Å². The van der Waals surface area contributed by atoms with Crippen LogP contribution in [0.5, 0.6) is 0 Å². The Morgan fingerprint density at radius 2 is 1.85 bits per heavy atom. The number of allylic oxidation sites excluding steroid dienone is 1. The van der Waals surface area contributed by atoms with Crippen molar-refractivity contribution in [3.8, 4) is 10.7 Å². The van der Waals surface area contributed by atoms with E-state index < -0.39 is 0 Å². The van der Waals surface area contributed by atoms with Crippen LogP contribution in [-0.4, -0.2) is 15.3 Å². The minimum Gasteiger partial charge on any atom is -0.351 e. The fraction of sp³-hybridized carbons (Fsp3) is 0.160. The van der Waals surface area contributed by atoms with E-state index in [1.807, 2.05) is 29.3 Å². The highest BCUT2D eigenvalue weighted by atomic mass is 32.1. The van der Waals surface area contributed by atoms with E-state index in [1.54, 1.807) is 23.5 Å². The Morgan fingerprint density at radius 1 is 1.06 bits per heavy atom. The van der Waals surface area contributed by atoms with Gasteiger partial charge in [0.25, 0.3) is 5.89 Å². The number of aryl methyl sites for hydroxylation is 2. The van der Waals surface area contributed by atoms with Gasteiger partial charge in [-0.05, 0) is 85.4 Å². The van der Waals surface area contributed by atoms with E-state index in [4.69, 9.17) is 21.7 Å². The van der Waals surface area contributed by atoms with Gasteiger partial charge in [-0.15, -0.1) is 11.3 Å². The molecule has 1 unspecified atom stereocenters. The summed E-state index contributed by atoms with van der Waals surface area (Å²) in [5.74, 6) is 0.656. The minimum atomic E-state index is -0.304. The third-order valence-electron chi connectivity index (χ3n) is 5.83. The summed E-state index contributed by atoms with van der Waals surface area (Å²) in [6.45, 7) is 6.14. The molecule has 0 fully saturated rings. The van der Waals surface area contributed by atoms with Gasteiger partial charge in [0.05, 0.1) is 16.5 Å². The molecule has 1 N–H and O–H groups in total. The van der Waals surface area contributed by atoms with Crippen molar-refractivity contribution in [3.05, 3.63) is 94.1 Å². The monoisotopic (exact) mass is 476 g/mol. The number of aromatic nitrogens is 2. The summed E-state index contributed by atoms with van der Waals surface area (Å²) < 4.78 is 19.3. The average molecular weight is 477 g/mol. The number of hydrogen-bond donors (Lipinski definition) is 1. The maximum absolute atomic E-state index is 13.6. The zero-order chi connectivity index (χ0) is 23.1. The SMILES string of the molecule is CC1=C(c2nc(-c3cccs3)no2)C(c2ccc(C)c(C)c2)NC(=S)N1c1ccc(F)cc1. The van der Waals surface area contributed by atoms with Crippen LogP contribution >= 0.6 is 23.6 Å². The lowest BCUT2D eigenvalue weighted by molar-refractivity contribution is 0.404. The fourth-order valence-corrected chi connectivity index (χ4v) is 4.96. The first kappa shape index (κ1) is 21.5. The van der Waals surface area contributed by atoms with Crippen LogP contribution in [0.15, 0.2) is 70.2 Å². The molecule has 0 aliphatic carbocycles. The predicted octanol–water partition coefficient (Wildman–Crippen LogP) is 6.42. The van der Waals surface area contributed by atoms with Crippen molar-refractivity contribution in [2.24, 2.45) is 0 Å². The molecule has 0 saturated carbocycles. The second kappa shape index (κ2) is 8.53. The number of thiocarbonyl (C=S) groups is 1. The van der Waals surface area contributed by atoms with Crippen molar-refractivity contribution >= 4 is 39.9 Å². The summed E-state index contributed by atoms with van der Waals surface area (Å²) in [5.41, 5.74) is 5.86. The van der Waals surface area contributed by atoms with Gasteiger partial charge in [-0.2, -0.15) is 4.98 Å². The van der Waals surface area contributed by atoms with Gasteiger partial charge in [0, 0.05) is 11.4 Å². The molecular formula is C25H21FN4OS2. The number of hydrogen-bond acceptors (Lipinski definition) is 5. The summed E-state index contributed by atoms with van der Waals surface area (Å²) in [6, 6.07) is 16.2. The van der Waals surface area contributed by atoms with E-state index in [0.717, 1.165) is 27.4 Å². The van der Waals surface area contributed by atoms with Crippen molar-refractivity contribution < 1.29 is 8.91 Å². The Labute approximate surface area is 200 Å². The van der Waals surface area contributed by atoms with Gasteiger partial charge < -0.3 is 9.84 Å². The molecule has 0 bridgehead atoms. The van der Waals surface area contributed by atoms with Crippen LogP contribution in [0.2, 0.25) is 0 Å². The van der Waals surface area contributed by atoms with Gasteiger partial charge in [0.15, 0.2) is 5.11 Å².